The number of rotatable bonds is 4. The van der Waals surface area contributed by atoms with Gasteiger partial charge in [0.15, 0.2) is 0 Å². The molecule has 2 aromatic rings. The molecule has 3 heterocycles. The molecule has 1 amide bonds. The third-order valence-corrected chi connectivity index (χ3v) is 5.43. The molecule has 5 nitrogen and oxygen atoms in total. The van der Waals surface area contributed by atoms with Gasteiger partial charge < -0.3 is 10.6 Å². The third kappa shape index (κ3) is 3.61. The first-order valence-electron chi connectivity index (χ1n) is 9.24. The van der Waals surface area contributed by atoms with E-state index in [0.29, 0.717) is 24.7 Å². The number of carbonyl (C=O) groups is 1. The highest BCUT2D eigenvalue weighted by Gasteiger charge is 2.34. The number of hydrogen-bond donors (Lipinski definition) is 2. The molecular weight excluding hydrogens is 312 g/mol. The Morgan fingerprint density at radius 3 is 2.68 bits per heavy atom. The molecular formula is C20H26N4O. The van der Waals surface area contributed by atoms with Crippen LogP contribution in [0.2, 0.25) is 0 Å². The summed E-state index contributed by atoms with van der Waals surface area (Å²) in [5, 5.41) is 11.4. The molecule has 2 aliphatic heterocycles. The maximum atomic E-state index is 12.7. The molecule has 2 saturated heterocycles. The van der Waals surface area contributed by atoms with E-state index in [0.717, 1.165) is 35.4 Å². The number of piperidine rings is 1. The van der Waals surface area contributed by atoms with Crippen molar-refractivity contribution in [1.29, 1.82) is 0 Å². The van der Waals surface area contributed by atoms with Gasteiger partial charge in [-0.3, -0.25) is 9.48 Å². The maximum Gasteiger partial charge on any atom is 0.251 e. The molecule has 5 heteroatoms. The Morgan fingerprint density at radius 1 is 1.24 bits per heavy atom. The van der Waals surface area contributed by atoms with Crippen LogP contribution >= 0.6 is 0 Å². The molecule has 2 fully saturated rings. The zero-order valence-corrected chi connectivity index (χ0v) is 15.0. The fourth-order valence-corrected chi connectivity index (χ4v) is 4.26. The smallest absolute Gasteiger partial charge is 0.251 e. The Kier molecular flexibility index (Phi) is 4.34. The molecule has 0 aliphatic carbocycles. The van der Waals surface area contributed by atoms with E-state index in [1.807, 2.05) is 29.8 Å². The first-order valence-corrected chi connectivity index (χ1v) is 9.24. The van der Waals surface area contributed by atoms with Gasteiger partial charge in [0.05, 0.1) is 12.2 Å². The maximum absolute atomic E-state index is 12.7. The van der Waals surface area contributed by atoms with Crippen molar-refractivity contribution in [2.45, 2.75) is 64.2 Å². The molecule has 0 saturated carbocycles. The molecule has 2 N–H and O–H groups in total. The highest BCUT2D eigenvalue weighted by atomic mass is 16.1. The number of fused-ring (bicyclic) bond motifs is 2. The standard InChI is InChI=1S/C20H26N4O/c1-13-8-14(2)24(23-13)12-15-4-3-5-16(9-15)20(25)22-19-10-17-6-7-18(11-19)21-17/h3-5,8-9,17-19,21H,6-7,10-12H2,1-2H3,(H,22,25). The van der Waals surface area contributed by atoms with E-state index in [-0.39, 0.29) is 5.91 Å². The highest BCUT2D eigenvalue weighted by molar-refractivity contribution is 5.94. The van der Waals surface area contributed by atoms with Crippen molar-refractivity contribution in [3.63, 3.8) is 0 Å². The van der Waals surface area contributed by atoms with Crippen molar-refractivity contribution in [2.75, 3.05) is 0 Å². The van der Waals surface area contributed by atoms with Gasteiger partial charge in [0, 0.05) is 29.4 Å². The molecule has 132 valence electrons. The van der Waals surface area contributed by atoms with Gasteiger partial charge in [-0.15, -0.1) is 0 Å². The van der Waals surface area contributed by atoms with Gasteiger partial charge in [-0.05, 0) is 63.3 Å². The van der Waals surface area contributed by atoms with Crippen molar-refractivity contribution in [2.24, 2.45) is 0 Å². The number of benzene rings is 1. The summed E-state index contributed by atoms with van der Waals surface area (Å²) in [5.41, 5.74) is 4.00. The van der Waals surface area contributed by atoms with E-state index in [2.05, 4.69) is 34.8 Å². The van der Waals surface area contributed by atoms with Crippen molar-refractivity contribution in [3.8, 4) is 0 Å². The first-order chi connectivity index (χ1) is 12.1. The molecule has 0 spiro atoms. The molecule has 2 aliphatic rings. The van der Waals surface area contributed by atoms with Gasteiger partial charge in [-0.2, -0.15) is 5.10 Å². The lowest BCUT2D eigenvalue weighted by atomic mass is 9.99. The van der Waals surface area contributed by atoms with Crippen LogP contribution in [-0.4, -0.2) is 33.8 Å². The van der Waals surface area contributed by atoms with E-state index in [4.69, 9.17) is 0 Å². The quantitative estimate of drug-likeness (QED) is 0.901. The minimum Gasteiger partial charge on any atom is -0.349 e. The van der Waals surface area contributed by atoms with Crippen LogP contribution in [-0.2, 0) is 6.54 Å². The van der Waals surface area contributed by atoms with Crippen molar-refractivity contribution in [1.82, 2.24) is 20.4 Å². The van der Waals surface area contributed by atoms with Crippen LogP contribution in [0.4, 0.5) is 0 Å². The fraction of sp³-hybridized carbons (Fsp3) is 0.500. The number of aryl methyl sites for hydroxylation is 2. The number of amides is 1. The first kappa shape index (κ1) is 16.3. The number of hydrogen-bond acceptors (Lipinski definition) is 3. The van der Waals surface area contributed by atoms with Crippen LogP contribution in [0.25, 0.3) is 0 Å². The fourth-order valence-electron chi connectivity index (χ4n) is 4.26. The van der Waals surface area contributed by atoms with Crippen LogP contribution in [0.5, 0.6) is 0 Å². The number of nitrogens with one attached hydrogen (secondary N) is 2. The number of aromatic nitrogens is 2. The van der Waals surface area contributed by atoms with Crippen LogP contribution in [0.1, 0.15) is 53.0 Å². The summed E-state index contributed by atoms with van der Waals surface area (Å²) in [6.07, 6.45) is 4.59. The summed E-state index contributed by atoms with van der Waals surface area (Å²) in [4.78, 5) is 12.7. The van der Waals surface area contributed by atoms with E-state index in [1.165, 1.54) is 12.8 Å². The Labute approximate surface area is 148 Å². The second-order valence-electron chi connectivity index (χ2n) is 7.56. The average molecular weight is 338 g/mol. The van der Waals surface area contributed by atoms with Crippen molar-refractivity contribution >= 4 is 5.91 Å². The second kappa shape index (κ2) is 6.64. The van der Waals surface area contributed by atoms with Gasteiger partial charge in [-0.25, -0.2) is 0 Å². The van der Waals surface area contributed by atoms with Crippen molar-refractivity contribution in [3.05, 3.63) is 52.8 Å². The van der Waals surface area contributed by atoms with Crippen LogP contribution in [0.15, 0.2) is 30.3 Å². The van der Waals surface area contributed by atoms with Gasteiger partial charge >= 0.3 is 0 Å². The molecule has 1 aromatic heterocycles. The summed E-state index contributed by atoms with van der Waals surface area (Å²) >= 11 is 0. The lowest BCUT2D eigenvalue weighted by molar-refractivity contribution is 0.0924. The minimum atomic E-state index is 0.0431. The van der Waals surface area contributed by atoms with E-state index >= 15 is 0 Å². The van der Waals surface area contributed by atoms with E-state index in [9.17, 15) is 4.79 Å². The van der Waals surface area contributed by atoms with Gasteiger partial charge in [-0.1, -0.05) is 12.1 Å². The van der Waals surface area contributed by atoms with Gasteiger partial charge in [0.25, 0.3) is 5.91 Å². The van der Waals surface area contributed by atoms with Crippen LogP contribution in [0.3, 0.4) is 0 Å². The molecule has 2 bridgehead atoms. The molecule has 1 aromatic carbocycles. The Bertz CT molecular complexity index is 770. The normalized spacial score (nSPS) is 25.1. The Balaban J connectivity index is 1.43. The molecule has 2 atom stereocenters. The molecule has 0 radical (unpaired) electrons. The zero-order valence-electron chi connectivity index (χ0n) is 15.0. The summed E-state index contributed by atoms with van der Waals surface area (Å²) in [5.74, 6) is 0.0431. The Morgan fingerprint density at radius 2 is 2.00 bits per heavy atom. The van der Waals surface area contributed by atoms with Crippen LogP contribution in [0, 0.1) is 13.8 Å². The summed E-state index contributed by atoms with van der Waals surface area (Å²) in [6, 6.07) is 11.4. The lowest BCUT2D eigenvalue weighted by Gasteiger charge is -2.29. The summed E-state index contributed by atoms with van der Waals surface area (Å²) in [7, 11) is 0. The largest absolute Gasteiger partial charge is 0.349 e. The van der Waals surface area contributed by atoms with Crippen molar-refractivity contribution < 1.29 is 4.79 Å². The minimum absolute atomic E-state index is 0.0431. The SMILES string of the molecule is Cc1cc(C)n(Cc2cccc(C(=O)NC3CC4CCC(C3)N4)c2)n1. The lowest BCUT2D eigenvalue weighted by Crippen LogP contribution is -2.48. The molecule has 4 rings (SSSR count). The number of carbonyl (C=O) groups excluding carboxylic acids is 1. The van der Waals surface area contributed by atoms with Crippen LogP contribution < -0.4 is 10.6 Å². The second-order valence-corrected chi connectivity index (χ2v) is 7.56. The highest BCUT2D eigenvalue weighted by Crippen LogP contribution is 2.27. The Hall–Kier alpha value is -2.14. The summed E-state index contributed by atoms with van der Waals surface area (Å²) < 4.78 is 1.98. The van der Waals surface area contributed by atoms with E-state index < -0.39 is 0 Å². The monoisotopic (exact) mass is 338 g/mol. The molecule has 2 unspecified atom stereocenters. The predicted octanol–water partition coefficient (Wildman–Crippen LogP) is 2.56. The average Bonchev–Trinajstić information content (AvgIpc) is 3.08. The van der Waals surface area contributed by atoms with Gasteiger partial charge in [0.2, 0.25) is 0 Å². The third-order valence-electron chi connectivity index (χ3n) is 5.43. The molecule has 25 heavy (non-hydrogen) atoms. The predicted molar refractivity (Wildman–Crippen MR) is 97.7 cm³/mol. The zero-order chi connectivity index (χ0) is 17.4. The van der Waals surface area contributed by atoms with Gasteiger partial charge in [0.1, 0.15) is 0 Å². The van der Waals surface area contributed by atoms with E-state index in [1.54, 1.807) is 0 Å². The number of nitrogens with zero attached hydrogens (tertiary/aromatic N) is 2. The topological polar surface area (TPSA) is 59.0 Å². The summed E-state index contributed by atoms with van der Waals surface area (Å²) in [6.45, 7) is 4.75.